The molecule has 1 aliphatic rings. The first kappa shape index (κ1) is 19.4. The summed E-state index contributed by atoms with van der Waals surface area (Å²) in [4.78, 5) is 17.6. The average molecular weight is 430 g/mol. The second-order valence-electron chi connectivity index (χ2n) is 8.44. The van der Waals surface area contributed by atoms with Gasteiger partial charge in [-0.25, -0.2) is 0 Å². The fourth-order valence-electron chi connectivity index (χ4n) is 4.86. The number of nitrogens with zero attached hydrogens (tertiary/aromatic N) is 3. The molecule has 0 fully saturated rings. The Morgan fingerprint density at radius 1 is 0.606 bits per heavy atom. The molecule has 0 N–H and O–H groups in total. The summed E-state index contributed by atoms with van der Waals surface area (Å²) in [5.74, 6) is 0. The monoisotopic (exact) mass is 429 g/mol. The summed E-state index contributed by atoms with van der Waals surface area (Å²) in [6.07, 6.45) is 1.90. The van der Waals surface area contributed by atoms with Crippen LogP contribution in [0.1, 0.15) is 5.56 Å². The quantitative estimate of drug-likeness (QED) is 0.294. The standard InChI is InChI=1S/C29H23N3O/c1-20-19-30(2)24-17-16-22(18-23(24)29(20)33)32-27-14-8-6-12-25(27)31(21-10-4-3-5-11-21)26-13-7-9-15-28(26)32/h3-19H,1-2H3. The Morgan fingerprint density at radius 2 is 1.12 bits per heavy atom. The SMILES string of the molecule is Cc1cn(C)c2ccc(N3c4ccccc4N(c4ccccc4)c4ccccc43)cc2c1=O. The van der Waals surface area contributed by atoms with Gasteiger partial charge in [-0.2, -0.15) is 0 Å². The molecule has 0 unspecified atom stereocenters. The molecule has 0 bridgehead atoms. The summed E-state index contributed by atoms with van der Waals surface area (Å²) in [5, 5.41) is 0.732. The highest BCUT2D eigenvalue weighted by molar-refractivity contribution is 6.02. The maximum Gasteiger partial charge on any atom is 0.192 e. The Kier molecular flexibility index (Phi) is 4.34. The Hall–Kier alpha value is -4.31. The number of benzene rings is 4. The highest BCUT2D eigenvalue weighted by atomic mass is 16.1. The Labute approximate surface area is 192 Å². The molecular formula is C29H23N3O. The molecule has 0 saturated heterocycles. The van der Waals surface area contributed by atoms with Crippen LogP contribution in [0.25, 0.3) is 10.9 Å². The van der Waals surface area contributed by atoms with Crippen LogP contribution in [-0.4, -0.2) is 4.57 Å². The molecular weight excluding hydrogens is 406 g/mol. The maximum atomic E-state index is 13.0. The number of hydrogen-bond acceptors (Lipinski definition) is 3. The third-order valence-corrected chi connectivity index (χ3v) is 6.35. The molecule has 0 aliphatic carbocycles. The Balaban J connectivity index is 1.63. The van der Waals surface area contributed by atoms with Crippen LogP contribution in [0.2, 0.25) is 0 Å². The van der Waals surface area contributed by atoms with E-state index < -0.39 is 0 Å². The summed E-state index contributed by atoms with van der Waals surface area (Å²) < 4.78 is 2.02. The van der Waals surface area contributed by atoms with Gasteiger partial charge in [0.1, 0.15) is 0 Å². The molecule has 0 amide bonds. The van der Waals surface area contributed by atoms with Crippen molar-refractivity contribution in [1.29, 1.82) is 0 Å². The topological polar surface area (TPSA) is 28.5 Å². The number of aromatic nitrogens is 1. The molecule has 0 saturated carbocycles. The Morgan fingerprint density at radius 3 is 1.70 bits per heavy atom. The van der Waals surface area contributed by atoms with Gasteiger partial charge in [0.15, 0.2) is 5.43 Å². The van der Waals surface area contributed by atoms with E-state index in [1.165, 1.54) is 0 Å². The van der Waals surface area contributed by atoms with Gasteiger partial charge in [0.2, 0.25) is 0 Å². The molecule has 0 atom stereocenters. The molecule has 5 aromatic rings. The van der Waals surface area contributed by atoms with Crippen LogP contribution < -0.4 is 15.2 Å². The lowest BCUT2D eigenvalue weighted by molar-refractivity contribution is 0.938. The minimum atomic E-state index is 0.0782. The van der Waals surface area contributed by atoms with Crippen LogP contribution in [0, 0.1) is 6.92 Å². The van der Waals surface area contributed by atoms with Crippen LogP contribution in [0.4, 0.5) is 34.1 Å². The van der Waals surface area contributed by atoms with Gasteiger partial charge >= 0.3 is 0 Å². The summed E-state index contributed by atoms with van der Waals surface area (Å²) >= 11 is 0. The first-order valence-electron chi connectivity index (χ1n) is 11.1. The molecule has 2 heterocycles. The third-order valence-electron chi connectivity index (χ3n) is 6.35. The van der Waals surface area contributed by atoms with Crippen molar-refractivity contribution in [3.05, 3.63) is 119 Å². The summed E-state index contributed by atoms with van der Waals surface area (Å²) in [5.41, 5.74) is 8.18. The van der Waals surface area contributed by atoms with Crippen molar-refractivity contribution in [3.63, 3.8) is 0 Å². The van der Waals surface area contributed by atoms with E-state index in [1.807, 2.05) is 42.9 Å². The van der Waals surface area contributed by atoms with Crippen LogP contribution in [-0.2, 0) is 7.05 Å². The molecule has 6 rings (SSSR count). The van der Waals surface area contributed by atoms with E-state index in [4.69, 9.17) is 0 Å². The van der Waals surface area contributed by atoms with E-state index in [-0.39, 0.29) is 5.43 Å². The van der Waals surface area contributed by atoms with Crippen molar-refractivity contribution in [2.24, 2.45) is 7.05 Å². The number of aryl methyl sites for hydroxylation is 2. The van der Waals surface area contributed by atoms with Crippen molar-refractivity contribution in [2.45, 2.75) is 6.92 Å². The van der Waals surface area contributed by atoms with Gasteiger partial charge in [0, 0.05) is 35.6 Å². The molecule has 4 aromatic carbocycles. The summed E-state index contributed by atoms with van der Waals surface area (Å²) in [6.45, 7) is 1.87. The molecule has 4 heteroatoms. The van der Waals surface area contributed by atoms with Crippen molar-refractivity contribution < 1.29 is 0 Å². The van der Waals surface area contributed by atoms with Crippen LogP contribution >= 0.6 is 0 Å². The lowest BCUT2D eigenvalue weighted by atomic mass is 10.0. The van der Waals surface area contributed by atoms with E-state index in [0.717, 1.165) is 50.6 Å². The largest absolute Gasteiger partial charge is 0.350 e. The zero-order chi connectivity index (χ0) is 22.5. The van der Waals surface area contributed by atoms with Gasteiger partial charge in [-0.1, -0.05) is 42.5 Å². The normalized spacial score (nSPS) is 12.5. The number of pyridine rings is 1. The molecule has 0 spiro atoms. The van der Waals surface area contributed by atoms with Gasteiger partial charge in [0.05, 0.1) is 28.3 Å². The van der Waals surface area contributed by atoms with Crippen molar-refractivity contribution in [2.75, 3.05) is 9.80 Å². The van der Waals surface area contributed by atoms with E-state index >= 15 is 0 Å². The van der Waals surface area contributed by atoms with Gasteiger partial charge < -0.3 is 14.4 Å². The van der Waals surface area contributed by atoms with Crippen LogP contribution in [0.5, 0.6) is 0 Å². The number of anilines is 6. The number of para-hydroxylation sites is 5. The van der Waals surface area contributed by atoms with Gasteiger partial charge in [-0.3, -0.25) is 4.79 Å². The molecule has 1 aliphatic heterocycles. The zero-order valence-electron chi connectivity index (χ0n) is 18.6. The average Bonchev–Trinajstić information content (AvgIpc) is 2.86. The molecule has 33 heavy (non-hydrogen) atoms. The second-order valence-corrected chi connectivity index (χ2v) is 8.44. The number of fused-ring (bicyclic) bond motifs is 3. The van der Waals surface area contributed by atoms with Crippen LogP contribution in [0.3, 0.4) is 0 Å². The minimum Gasteiger partial charge on any atom is -0.350 e. The van der Waals surface area contributed by atoms with Crippen molar-refractivity contribution in [3.8, 4) is 0 Å². The predicted octanol–water partition coefficient (Wildman–Crippen LogP) is 7.10. The maximum absolute atomic E-state index is 13.0. The number of rotatable bonds is 2. The molecule has 4 nitrogen and oxygen atoms in total. The highest BCUT2D eigenvalue weighted by Crippen LogP contribution is 2.53. The number of hydrogen-bond donors (Lipinski definition) is 0. The smallest absolute Gasteiger partial charge is 0.192 e. The van der Waals surface area contributed by atoms with E-state index in [1.54, 1.807) is 0 Å². The fraction of sp³-hybridized carbons (Fsp3) is 0.0690. The van der Waals surface area contributed by atoms with E-state index in [0.29, 0.717) is 0 Å². The van der Waals surface area contributed by atoms with Crippen molar-refractivity contribution >= 4 is 45.0 Å². The summed E-state index contributed by atoms with van der Waals surface area (Å²) in [6, 6.07) is 33.4. The van der Waals surface area contributed by atoms with E-state index in [2.05, 4.69) is 88.7 Å². The molecule has 160 valence electrons. The van der Waals surface area contributed by atoms with Gasteiger partial charge in [-0.05, 0) is 61.5 Å². The van der Waals surface area contributed by atoms with Crippen LogP contribution in [0.15, 0.2) is 108 Å². The molecule has 0 radical (unpaired) electrons. The lowest BCUT2D eigenvalue weighted by Gasteiger charge is -2.40. The van der Waals surface area contributed by atoms with Crippen molar-refractivity contribution in [1.82, 2.24) is 4.57 Å². The first-order valence-corrected chi connectivity index (χ1v) is 11.1. The fourth-order valence-corrected chi connectivity index (χ4v) is 4.86. The first-order chi connectivity index (χ1) is 16.1. The predicted molar refractivity (Wildman–Crippen MR) is 137 cm³/mol. The van der Waals surface area contributed by atoms with E-state index in [9.17, 15) is 4.79 Å². The highest BCUT2D eigenvalue weighted by Gasteiger charge is 2.30. The lowest BCUT2D eigenvalue weighted by Crippen LogP contribution is -2.24. The minimum absolute atomic E-state index is 0.0782. The third kappa shape index (κ3) is 2.95. The zero-order valence-corrected chi connectivity index (χ0v) is 18.6. The second kappa shape index (κ2) is 7.38. The molecule has 1 aromatic heterocycles. The summed E-state index contributed by atoms with van der Waals surface area (Å²) in [7, 11) is 1.98. The Bertz CT molecular complexity index is 1520. The van der Waals surface area contributed by atoms with Gasteiger partial charge in [0.25, 0.3) is 0 Å². The van der Waals surface area contributed by atoms with Gasteiger partial charge in [-0.15, -0.1) is 0 Å².